The molecule has 0 saturated carbocycles. The maximum atomic E-state index is 12.7. The summed E-state index contributed by atoms with van der Waals surface area (Å²) in [6.45, 7) is 5.94. The second kappa shape index (κ2) is 11.1. The lowest BCUT2D eigenvalue weighted by atomic mass is 9.99. The van der Waals surface area contributed by atoms with Crippen LogP contribution in [0.5, 0.6) is 0 Å². The third kappa shape index (κ3) is 5.68. The summed E-state index contributed by atoms with van der Waals surface area (Å²) in [5.41, 5.74) is 3.97. The number of benzene rings is 2. The molecule has 6 heteroatoms. The van der Waals surface area contributed by atoms with Gasteiger partial charge in [0, 0.05) is 18.7 Å². The van der Waals surface area contributed by atoms with Crippen molar-refractivity contribution in [3.63, 3.8) is 0 Å². The summed E-state index contributed by atoms with van der Waals surface area (Å²) < 4.78 is 8.19. The summed E-state index contributed by atoms with van der Waals surface area (Å²) in [4.78, 5) is 14.7. The first-order chi connectivity index (χ1) is 17.6. The van der Waals surface area contributed by atoms with Crippen LogP contribution in [0, 0.1) is 17.8 Å². The molecule has 1 amide bonds. The lowest BCUT2D eigenvalue weighted by molar-refractivity contribution is -0.138. The summed E-state index contributed by atoms with van der Waals surface area (Å²) in [5, 5.41) is 8.56. The molecule has 2 saturated heterocycles. The van der Waals surface area contributed by atoms with E-state index in [0.717, 1.165) is 50.8 Å². The standard InChI is InChI=1S/C30H34N4O2/c1-22(20-28-16-17-29(36-28)23(2)30(35)33-18-6-7-19-33)34-21-27(31-32-34)15-12-24-10-13-26(14-11-24)25-8-4-3-5-9-25/h3-5,8-11,13-14,21-23,28-29H,6-7,16-20H2,1-2H3/t22-,23-,28+,29-/m1/s1. The second-order valence-electron chi connectivity index (χ2n) is 10.1. The van der Waals surface area contributed by atoms with Gasteiger partial charge in [-0.25, -0.2) is 4.68 Å². The Kier molecular flexibility index (Phi) is 7.48. The van der Waals surface area contributed by atoms with E-state index in [9.17, 15) is 4.79 Å². The van der Waals surface area contributed by atoms with Gasteiger partial charge in [0.15, 0.2) is 5.69 Å². The number of ether oxygens (including phenoxy) is 1. The predicted molar refractivity (Wildman–Crippen MR) is 140 cm³/mol. The molecule has 0 spiro atoms. The third-order valence-electron chi connectivity index (χ3n) is 7.40. The Hall–Kier alpha value is -3.43. The van der Waals surface area contributed by atoms with Crippen molar-refractivity contribution in [3.8, 4) is 23.0 Å². The van der Waals surface area contributed by atoms with E-state index in [4.69, 9.17) is 4.74 Å². The molecule has 186 valence electrons. The summed E-state index contributed by atoms with van der Waals surface area (Å²) in [5.74, 6) is 6.50. The Bertz CT molecular complexity index is 1220. The van der Waals surface area contributed by atoms with Gasteiger partial charge in [0.1, 0.15) is 0 Å². The highest BCUT2D eigenvalue weighted by Gasteiger charge is 2.36. The van der Waals surface area contributed by atoms with Crippen molar-refractivity contribution in [2.45, 2.75) is 64.2 Å². The molecule has 2 fully saturated rings. The quantitative estimate of drug-likeness (QED) is 0.459. The highest BCUT2D eigenvalue weighted by atomic mass is 16.5. The van der Waals surface area contributed by atoms with Gasteiger partial charge in [-0.2, -0.15) is 0 Å². The van der Waals surface area contributed by atoms with Gasteiger partial charge in [0.05, 0.1) is 30.4 Å². The molecule has 2 aliphatic heterocycles. The smallest absolute Gasteiger partial charge is 0.228 e. The van der Waals surface area contributed by atoms with E-state index in [2.05, 4.69) is 53.3 Å². The lowest BCUT2D eigenvalue weighted by Crippen LogP contribution is -2.38. The van der Waals surface area contributed by atoms with Crippen molar-refractivity contribution in [1.82, 2.24) is 19.9 Å². The van der Waals surface area contributed by atoms with Gasteiger partial charge in [-0.05, 0) is 68.2 Å². The van der Waals surface area contributed by atoms with Crippen LogP contribution in [0.3, 0.4) is 0 Å². The van der Waals surface area contributed by atoms with Gasteiger partial charge in [-0.1, -0.05) is 60.5 Å². The molecular formula is C30H34N4O2. The number of amides is 1. The fourth-order valence-corrected chi connectivity index (χ4v) is 5.21. The number of carbonyl (C=O) groups is 1. The van der Waals surface area contributed by atoms with Gasteiger partial charge >= 0.3 is 0 Å². The Morgan fingerprint density at radius 1 is 1.00 bits per heavy atom. The van der Waals surface area contributed by atoms with Crippen LogP contribution in [0.2, 0.25) is 0 Å². The topological polar surface area (TPSA) is 60.2 Å². The molecule has 1 aromatic heterocycles. The van der Waals surface area contributed by atoms with E-state index in [1.54, 1.807) is 0 Å². The first-order valence-electron chi connectivity index (χ1n) is 13.1. The van der Waals surface area contributed by atoms with Crippen molar-refractivity contribution in [2.24, 2.45) is 5.92 Å². The van der Waals surface area contributed by atoms with Crippen molar-refractivity contribution in [2.75, 3.05) is 13.1 Å². The van der Waals surface area contributed by atoms with Crippen LogP contribution < -0.4 is 0 Å². The minimum absolute atomic E-state index is 0.0146. The van der Waals surface area contributed by atoms with Crippen molar-refractivity contribution < 1.29 is 9.53 Å². The SMILES string of the molecule is C[C@H](C[C@@H]1CC[C@H]([C@@H](C)C(=O)N2CCCC2)O1)n1cc(C#Cc2ccc(-c3ccccc3)cc2)nn1. The number of aromatic nitrogens is 3. The van der Waals surface area contributed by atoms with Gasteiger partial charge in [-0.15, -0.1) is 5.10 Å². The van der Waals surface area contributed by atoms with Crippen LogP contribution in [0.25, 0.3) is 11.1 Å². The number of rotatable bonds is 6. The molecule has 6 nitrogen and oxygen atoms in total. The Morgan fingerprint density at radius 3 is 2.47 bits per heavy atom. The zero-order valence-electron chi connectivity index (χ0n) is 21.1. The average molecular weight is 483 g/mol. The van der Waals surface area contributed by atoms with Crippen LogP contribution in [-0.4, -0.2) is 51.1 Å². The zero-order valence-corrected chi connectivity index (χ0v) is 21.1. The summed E-state index contributed by atoms with van der Waals surface area (Å²) in [6, 6.07) is 18.7. The lowest BCUT2D eigenvalue weighted by Gasteiger charge is -2.25. The molecule has 2 aromatic carbocycles. The average Bonchev–Trinajstić information content (AvgIpc) is 3.70. The largest absolute Gasteiger partial charge is 0.374 e. The zero-order chi connectivity index (χ0) is 24.9. The van der Waals surface area contributed by atoms with Gasteiger partial charge in [0.2, 0.25) is 5.91 Å². The van der Waals surface area contributed by atoms with Crippen molar-refractivity contribution in [1.29, 1.82) is 0 Å². The Balaban J connectivity index is 1.14. The highest BCUT2D eigenvalue weighted by molar-refractivity contribution is 5.79. The minimum Gasteiger partial charge on any atom is -0.374 e. The number of hydrogen-bond acceptors (Lipinski definition) is 4. The van der Waals surface area contributed by atoms with E-state index < -0.39 is 0 Å². The second-order valence-corrected chi connectivity index (χ2v) is 10.1. The molecule has 5 rings (SSSR count). The molecule has 3 aromatic rings. The normalized spacial score (nSPS) is 21.1. The van der Waals surface area contributed by atoms with Crippen molar-refractivity contribution >= 4 is 5.91 Å². The maximum Gasteiger partial charge on any atom is 0.228 e. The van der Waals surface area contributed by atoms with Crippen LogP contribution in [0.15, 0.2) is 60.8 Å². The van der Waals surface area contributed by atoms with Crippen molar-refractivity contribution in [3.05, 3.63) is 72.1 Å². The number of nitrogens with zero attached hydrogens (tertiary/aromatic N) is 4. The number of hydrogen-bond donors (Lipinski definition) is 0. The van der Waals surface area contributed by atoms with Crippen LogP contribution in [-0.2, 0) is 9.53 Å². The molecule has 0 unspecified atom stereocenters. The highest BCUT2D eigenvalue weighted by Crippen LogP contribution is 2.31. The first-order valence-corrected chi connectivity index (χ1v) is 13.1. The van der Waals surface area contributed by atoms with E-state index in [-0.39, 0.29) is 30.1 Å². The molecule has 2 aliphatic rings. The molecule has 0 aliphatic carbocycles. The summed E-state index contributed by atoms with van der Waals surface area (Å²) >= 11 is 0. The number of likely N-dealkylation sites (tertiary alicyclic amines) is 1. The van der Waals surface area contributed by atoms with E-state index >= 15 is 0 Å². The Labute approximate surface area is 213 Å². The minimum atomic E-state index is -0.0709. The van der Waals surface area contributed by atoms with Crippen LogP contribution in [0.1, 0.15) is 63.3 Å². The van der Waals surface area contributed by atoms with Gasteiger partial charge < -0.3 is 9.64 Å². The number of carbonyl (C=O) groups excluding carboxylic acids is 1. The molecule has 0 bridgehead atoms. The molecule has 3 heterocycles. The predicted octanol–water partition coefficient (Wildman–Crippen LogP) is 5.10. The first kappa shape index (κ1) is 24.3. The fourth-order valence-electron chi connectivity index (χ4n) is 5.21. The van der Waals surface area contributed by atoms with Gasteiger partial charge in [0.25, 0.3) is 0 Å². The van der Waals surface area contributed by atoms with Crippen LogP contribution in [0.4, 0.5) is 0 Å². The molecule has 0 N–H and O–H groups in total. The van der Waals surface area contributed by atoms with E-state index in [1.165, 1.54) is 11.1 Å². The summed E-state index contributed by atoms with van der Waals surface area (Å²) in [6.07, 6.45) is 7.06. The van der Waals surface area contributed by atoms with Gasteiger partial charge in [-0.3, -0.25) is 4.79 Å². The van der Waals surface area contributed by atoms with Crippen LogP contribution >= 0.6 is 0 Å². The molecule has 4 atom stereocenters. The monoisotopic (exact) mass is 482 g/mol. The van der Waals surface area contributed by atoms with E-state index in [0.29, 0.717) is 5.69 Å². The molecular weight excluding hydrogens is 448 g/mol. The Morgan fingerprint density at radius 2 is 1.72 bits per heavy atom. The fraction of sp³-hybridized carbons (Fsp3) is 0.433. The molecule has 36 heavy (non-hydrogen) atoms. The summed E-state index contributed by atoms with van der Waals surface area (Å²) in [7, 11) is 0. The third-order valence-corrected chi connectivity index (χ3v) is 7.40. The van der Waals surface area contributed by atoms with E-state index in [1.807, 2.05) is 53.0 Å². The maximum absolute atomic E-state index is 12.7. The molecule has 0 radical (unpaired) electrons.